The van der Waals surface area contributed by atoms with Crippen molar-refractivity contribution in [2.45, 2.75) is 32.3 Å². The van der Waals surface area contributed by atoms with Gasteiger partial charge in [-0.1, -0.05) is 24.3 Å². The van der Waals surface area contributed by atoms with Gasteiger partial charge >= 0.3 is 0 Å². The molecule has 0 saturated carbocycles. The molecule has 2 amide bonds. The molecule has 1 atom stereocenters. The number of hydrogen-bond donors (Lipinski definition) is 3. The molecule has 0 heterocycles. The third-order valence-electron chi connectivity index (χ3n) is 4.46. The van der Waals surface area contributed by atoms with E-state index >= 15 is 0 Å². The summed E-state index contributed by atoms with van der Waals surface area (Å²) in [4.78, 5) is 24.3. The van der Waals surface area contributed by atoms with Crippen molar-refractivity contribution in [1.82, 2.24) is 5.32 Å². The molecule has 0 radical (unpaired) electrons. The number of aryl methyl sites for hydroxylation is 2. The van der Waals surface area contributed by atoms with E-state index in [-0.39, 0.29) is 18.4 Å². The Balaban J connectivity index is 1.58. The van der Waals surface area contributed by atoms with Crippen LogP contribution in [0.5, 0.6) is 0 Å². The lowest BCUT2D eigenvalue weighted by Gasteiger charge is -2.13. The van der Waals surface area contributed by atoms with E-state index in [4.69, 9.17) is 0 Å². The van der Waals surface area contributed by atoms with E-state index < -0.39 is 6.10 Å². The van der Waals surface area contributed by atoms with Crippen molar-refractivity contribution in [3.05, 3.63) is 64.7 Å². The van der Waals surface area contributed by atoms with Gasteiger partial charge in [0.05, 0.1) is 12.6 Å². The van der Waals surface area contributed by atoms with Gasteiger partial charge in [-0.2, -0.15) is 0 Å². The van der Waals surface area contributed by atoms with E-state index in [9.17, 15) is 14.7 Å². The maximum absolute atomic E-state index is 12.2. The molecule has 5 nitrogen and oxygen atoms in total. The van der Waals surface area contributed by atoms with Crippen molar-refractivity contribution in [1.29, 1.82) is 0 Å². The Hall–Kier alpha value is -2.66. The lowest BCUT2D eigenvalue weighted by Crippen LogP contribution is -2.33. The number of hydrogen-bond acceptors (Lipinski definition) is 3. The maximum atomic E-state index is 12.2. The van der Waals surface area contributed by atoms with E-state index in [0.717, 1.165) is 19.3 Å². The first-order valence-electron chi connectivity index (χ1n) is 8.51. The molecule has 0 saturated heterocycles. The van der Waals surface area contributed by atoms with Gasteiger partial charge in [-0.05, 0) is 55.5 Å². The molecule has 0 aliphatic heterocycles. The van der Waals surface area contributed by atoms with Gasteiger partial charge in [0, 0.05) is 16.8 Å². The van der Waals surface area contributed by atoms with Crippen molar-refractivity contribution in [2.75, 3.05) is 11.9 Å². The number of amides is 2. The minimum Gasteiger partial charge on any atom is -0.389 e. The lowest BCUT2D eigenvalue weighted by molar-refractivity contribution is -0.115. The lowest BCUT2D eigenvalue weighted by atomic mass is 10.1. The van der Waals surface area contributed by atoms with Crippen molar-refractivity contribution in [2.24, 2.45) is 0 Å². The van der Waals surface area contributed by atoms with E-state index in [1.807, 2.05) is 12.1 Å². The van der Waals surface area contributed by atoms with Crippen LogP contribution in [0.4, 0.5) is 5.69 Å². The highest BCUT2D eigenvalue weighted by molar-refractivity contribution is 5.99. The van der Waals surface area contributed by atoms with Crippen LogP contribution in [-0.2, 0) is 17.6 Å². The summed E-state index contributed by atoms with van der Waals surface area (Å²) < 4.78 is 0. The molecule has 2 aromatic rings. The van der Waals surface area contributed by atoms with Crippen LogP contribution in [0.3, 0.4) is 0 Å². The molecule has 3 N–H and O–H groups in total. The van der Waals surface area contributed by atoms with Gasteiger partial charge in [0.2, 0.25) is 5.91 Å². The number of aliphatic hydroxyl groups is 1. The monoisotopic (exact) mass is 338 g/mol. The Morgan fingerprint density at radius 1 is 1.12 bits per heavy atom. The fraction of sp³-hybridized carbons (Fsp3) is 0.300. The number of nitrogens with one attached hydrogen (secondary N) is 2. The van der Waals surface area contributed by atoms with Crippen molar-refractivity contribution >= 4 is 17.5 Å². The van der Waals surface area contributed by atoms with E-state index in [1.54, 1.807) is 37.3 Å². The molecule has 25 heavy (non-hydrogen) atoms. The summed E-state index contributed by atoms with van der Waals surface area (Å²) in [5.41, 5.74) is 4.31. The zero-order valence-corrected chi connectivity index (χ0v) is 14.2. The fourth-order valence-corrected chi connectivity index (χ4v) is 3.15. The average Bonchev–Trinajstić information content (AvgIpc) is 3.07. The molecule has 0 bridgehead atoms. The zero-order valence-electron chi connectivity index (χ0n) is 14.2. The molecular weight excluding hydrogens is 316 g/mol. The van der Waals surface area contributed by atoms with Gasteiger partial charge in [0.15, 0.2) is 0 Å². The first kappa shape index (κ1) is 17.2. The van der Waals surface area contributed by atoms with E-state index in [1.165, 1.54) is 11.1 Å². The van der Waals surface area contributed by atoms with E-state index in [0.29, 0.717) is 16.8 Å². The summed E-state index contributed by atoms with van der Waals surface area (Å²) in [7, 11) is 0. The van der Waals surface area contributed by atoms with Crippen LogP contribution in [0.2, 0.25) is 0 Å². The summed E-state index contributed by atoms with van der Waals surface area (Å²) in [6.07, 6.45) is 2.53. The van der Waals surface area contributed by atoms with Crippen molar-refractivity contribution < 1.29 is 14.7 Å². The predicted octanol–water partition coefficient (Wildman–Crippen LogP) is 2.60. The molecule has 5 heteroatoms. The number of carbonyl (C=O) groups is 2. The molecule has 130 valence electrons. The van der Waals surface area contributed by atoms with Gasteiger partial charge in [-0.25, -0.2) is 0 Å². The van der Waals surface area contributed by atoms with Gasteiger partial charge < -0.3 is 15.7 Å². The molecule has 0 spiro atoms. The molecule has 2 aromatic carbocycles. The highest BCUT2D eigenvalue weighted by atomic mass is 16.3. The number of anilines is 1. The second kappa shape index (κ2) is 7.49. The number of para-hydroxylation sites is 1. The van der Waals surface area contributed by atoms with Crippen LogP contribution in [0.15, 0.2) is 42.5 Å². The molecule has 1 aliphatic carbocycles. The standard InChI is InChI=1S/C20H22N2O3/c1-13(23)17-7-2-3-8-18(17)22-19(24)12-21-20(25)16-10-9-14-5-4-6-15(14)11-16/h2-3,7-11,13,23H,4-6,12H2,1H3,(H,21,25)(H,22,24)/t13-/m0/s1. The topological polar surface area (TPSA) is 78.4 Å². The Kier molecular flexibility index (Phi) is 5.14. The third-order valence-corrected chi connectivity index (χ3v) is 4.46. The summed E-state index contributed by atoms with van der Waals surface area (Å²) in [5, 5.41) is 15.1. The average molecular weight is 338 g/mol. The molecule has 0 fully saturated rings. The Morgan fingerprint density at radius 3 is 2.68 bits per heavy atom. The highest BCUT2D eigenvalue weighted by Gasteiger charge is 2.15. The smallest absolute Gasteiger partial charge is 0.251 e. The second-order valence-corrected chi connectivity index (χ2v) is 6.33. The molecule has 3 rings (SSSR count). The Labute approximate surface area is 147 Å². The number of aliphatic hydroxyl groups excluding tert-OH is 1. The number of benzene rings is 2. The Morgan fingerprint density at radius 2 is 1.88 bits per heavy atom. The van der Waals surface area contributed by atoms with Gasteiger partial charge in [-0.3, -0.25) is 9.59 Å². The SMILES string of the molecule is C[C@H](O)c1ccccc1NC(=O)CNC(=O)c1ccc2c(c1)CCC2. The summed E-state index contributed by atoms with van der Waals surface area (Å²) in [6, 6.07) is 12.8. The molecule has 0 unspecified atom stereocenters. The largest absolute Gasteiger partial charge is 0.389 e. The third kappa shape index (κ3) is 4.06. The van der Waals surface area contributed by atoms with Crippen LogP contribution < -0.4 is 10.6 Å². The van der Waals surface area contributed by atoms with Gasteiger partial charge in [0.25, 0.3) is 5.91 Å². The summed E-state index contributed by atoms with van der Waals surface area (Å²) in [5.74, 6) is -0.587. The van der Waals surface area contributed by atoms with Crippen LogP contribution >= 0.6 is 0 Å². The predicted molar refractivity (Wildman–Crippen MR) is 96.5 cm³/mol. The molecule has 1 aliphatic rings. The van der Waals surface area contributed by atoms with Crippen molar-refractivity contribution in [3.63, 3.8) is 0 Å². The van der Waals surface area contributed by atoms with Crippen molar-refractivity contribution in [3.8, 4) is 0 Å². The maximum Gasteiger partial charge on any atom is 0.251 e. The number of rotatable bonds is 5. The highest BCUT2D eigenvalue weighted by Crippen LogP contribution is 2.23. The molecular formula is C20H22N2O3. The normalized spacial score (nSPS) is 13.8. The minimum absolute atomic E-state index is 0.121. The first-order valence-corrected chi connectivity index (χ1v) is 8.51. The van der Waals surface area contributed by atoms with Crippen LogP contribution in [0.25, 0.3) is 0 Å². The summed E-state index contributed by atoms with van der Waals surface area (Å²) in [6.45, 7) is 1.52. The minimum atomic E-state index is -0.683. The first-order chi connectivity index (χ1) is 12.0. The molecule has 0 aromatic heterocycles. The van der Waals surface area contributed by atoms with Gasteiger partial charge in [-0.15, -0.1) is 0 Å². The Bertz CT molecular complexity index is 799. The van der Waals surface area contributed by atoms with E-state index in [2.05, 4.69) is 10.6 Å². The number of fused-ring (bicyclic) bond motifs is 1. The fourth-order valence-electron chi connectivity index (χ4n) is 3.15. The van der Waals surface area contributed by atoms with Crippen LogP contribution in [-0.4, -0.2) is 23.5 Å². The van der Waals surface area contributed by atoms with Crippen LogP contribution in [0.1, 0.15) is 46.5 Å². The summed E-state index contributed by atoms with van der Waals surface area (Å²) >= 11 is 0. The quantitative estimate of drug-likeness (QED) is 0.784. The van der Waals surface area contributed by atoms with Crippen LogP contribution in [0, 0.1) is 0 Å². The number of carbonyl (C=O) groups excluding carboxylic acids is 2. The van der Waals surface area contributed by atoms with Gasteiger partial charge in [0.1, 0.15) is 0 Å². The zero-order chi connectivity index (χ0) is 17.8. The second-order valence-electron chi connectivity index (χ2n) is 6.33.